The van der Waals surface area contributed by atoms with Gasteiger partial charge in [0.2, 0.25) is 0 Å². The van der Waals surface area contributed by atoms with Gasteiger partial charge in [0.05, 0.1) is 6.10 Å². The van der Waals surface area contributed by atoms with Gasteiger partial charge >= 0.3 is 0 Å². The summed E-state index contributed by atoms with van der Waals surface area (Å²) in [6.07, 6.45) is 2.42. The topological polar surface area (TPSA) is 38.7 Å². The lowest BCUT2D eigenvalue weighted by atomic mass is 9.92. The Morgan fingerprint density at radius 1 is 1.17 bits per heavy atom. The van der Waals surface area contributed by atoms with Crippen LogP contribution in [-0.2, 0) is 0 Å². The summed E-state index contributed by atoms with van der Waals surface area (Å²) in [6, 6.07) is 0.622. The molecular formula is C14H29N3O. The predicted octanol–water partition coefficient (Wildman–Crippen LogP) is 0.373. The number of nitrogens with one attached hydrogen (secondary N) is 1. The molecule has 4 heteroatoms. The summed E-state index contributed by atoms with van der Waals surface area (Å²) < 4.78 is 0. The molecule has 0 amide bonds. The lowest BCUT2D eigenvalue weighted by molar-refractivity contribution is 0.0313. The van der Waals surface area contributed by atoms with Crippen molar-refractivity contribution in [1.82, 2.24) is 15.1 Å². The molecule has 0 bridgehead atoms. The van der Waals surface area contributed by atoms with Gasteiger partial charge in [-0.1, -0.05) is 6.92 Å². The summed E-state index contributed by atoms with van der Waals surface area (Å²) in [5.74, 6) is 0.769. The van der Waals surface area contributed by atoms with Crippen LogP contribution in [0, 0.1) is 5.92 Å². The van der Waals surface area contributed by atoms with Gasteiger partial charge in [0, 0.05) is 45.3 Å². The van der Waals surface area contributed by atoms with Crippen LogP contribution in [0.15, 0.2) is 0 Å². The molecule has 2 N–H and O–H groups in total. The van der Waals surface area contributed by atoms with Crippen molar-refractivity contribution < 1.29 is 5.11 Å². The van der Waals surface area contributed by atoms with E-state index in [4.69, 9.17) is 0 Å². The molecule has 0 aromatic rings. The molecular weight excluding hydrogens is 226 g/mol. The summed E-state index contributed by atoms with van der Waals surface area (Å²) in [7, 11) is 0. The predicted molar refractivity (Wildman–Crippen MR) is 74.7 cm³/mol. The lowest BCUT2D eigenvalue weighted by Gasteiger charge is -2.39. The second-order valence-corrected chi connectivity index (χ2v) is 6.06. The third-order valence-electron chi connectivity index (χ3n) is 4.63. The average Bonchev–Trinajstić information content (AvgIpc) is 2.36. The zero-order valence-corrected chi connectivity index (χ0v) is 11.9. The van der Waals surface area contributed by atoms with Gasteiger partial charge in [-0.15, -0.1) is 0 Å². The number of hydrogen-bond donors (Lipinski definition) is 2. The Labute approximate surface area is 111 Å². The highest BCUT2D eigenvalue weighted by Crippen LogP contribution is 2.22. The van der Waals surface area contributed by atoms with Gasteiger partial charge in [0.1, 0.15) is 0 Å². The van der Waals surface area contributed by atoms with Crippen molar-refractivity contribution in [3.05, 3.63) is 0 Å². The second kappa shape index (κ2) is 6.85. The van der Waals surface area contributed by atoms with Crippen LogP contribution in [0.1, 0.15) is 26.7 Å². The van der Waals surface area contributed by atoms with Crippen molar-refractivity contribution in [1.29, 1.82) is 0 Å². The first-order chi connectivity index (χ1) is 8.66. The SMILES string of the molecule is CC1CCCN(CC(O)CN2CCNCC2)C1C. The van der Waals surface area contributed by atoms with Crippen molar-refractivity contribution in [2.24, 2.45) is 5.92 Å². The number of aliphatic hydroxyl groups is 1. The number of piperidine rings is 1. The first kappa shape index (κ1) is 14.3. The van der Waals surface area contributed by atoms with E-state index < -0.39 is 0 Å². The van der Waals surface area contributed by atoms with E-state index in [-0.39, 0.29) is 6.10 Å². The molecule has 0 aromatic heterocycles. The standard InChI is InChI=1S/C14H29N3O/c1-12-4-3-7-17(13(12)2)11-14(18)10-16-8-5-15-6-9-16/h12-15,18H,3-11H2,1-2H3. The highest BCUT2D eigenvalue weighted by Gasteiger charge is 2.26. The van der Waals surface area contributed by atoms with Gasteiger partial charge in [-0.05, 0) is 32.2 Å². The van der Waals surface area contributed by atoms with Gasteiger partial charge in [-0.2, -0.15) is 0 Å². The van der Waals surface area contributed by atoms with Crippen molar-refractivity contribution in [3.8, 4) is 0 Å². The summed E-state index contributed by atoms with van der Waals surface area (Å²) in [5, 5.41) is 13.6. The van der Waals surface area contributed by atoms with Crippen molar-refractivity contribution in [2.75, 3.05) is 45.8 Å². The highest BCUT2D eigenvalue weighted by atomic mass is 16.3. The molecule has 2 fully saturated rings. The van der Waals surface area contributed by atoms with Gasteiger partial charge in [0.25, 0.3) is 0 Å². The van der Waals surface area contributed by atoms with Crippen LogP contribution in [-0.4, -0.2) is 72.9 Å². The normalized spacial score (nSPS) is 33.5. The molecule has 0 radical (unpaired) electrons. The molecule has 3 unspecified atom stereocenters. The first-order valence-corrected chi connectivity index (χ1v) is 7.52. The monoisotopic (exact) mass is 255 g/mol. The van der Waals surface area contributed by atoms with E-state index in [9.17, 15) is 5.11 Å². The van der Waals surface area contributed by atoms with Crippen LogP contribution in [0.5, 0.6) is 0 Å². The van der Waals surface area contributed by atoms with Crippen molar-refractivity contribution >= 4 is 0 Å². The van der Waals surface area contributed by atoms with Gasteiger partial charge in [-0.25, -0.2) is 0 Å². The molecule has 0 saturated carbocycles. The molecule has 4 nitrogen and oxygen atoms in total. The minimum absolute atomic E-state index is 0.198. The molecule has 0 aromatic carbocycles. The molecule has 2 saturated heterocycles. The quantitative estimate of drug-likeness (QED) is 0.761. The maximum absolute atomic E-state index is 10.3. The molecule has 2 heterocycles. The van der Waals surface area contributed by atoms with Crippen molar-refractivity contribution in [3.63, 3.8) is 0 Å². The van der Waals surface area contributed by atoms with E-state index in [1.54, 1.807) is 0 Å². The van der Waals surface area contributed by atoms with Crippen LogP contribution >= 0.6 is 0 Å². The summed E-state index contributed by atoms with van der Waals surface area (Å²) in [6.45, 7) is 11.7. The van der Waals surface area contributed by atoms with Gasteiger partial charge in [-0.3, -0.25) is 9.80 Å². The Morgan fingerprint density at radius 2 is 1.89 bits per heavy atom. The number of nitrogens with zero attached hydrogens (tertiary/aromatic N) is 2. The van der Waals surface area contributed by atoms with Crippen LogP contribution in [0.2, 0.25) is 0 Å². The molecule has 2 aliphatic rings. The summed E-state index contributed by atoms with van der Waals surface area (Å²) in [4.78, 5) is 4.85. The smallest absolute Gasteiger partial charge is 0.0793 e. The molecule has 2 rings (SSSR count). The number of hydrogen-bond acceptors (Lipinski definition) is 4. The van der Waals surface area contributed by atoms with E-state index in [0.29, 0.717) is 6.04 Å². The number of rotatable bonds is 4. The molecule has 106 valence electrons. The Hall–Kier alpha value is -0.160. The summed E-state index contributed by atoms with van der Waals surface area (Å²) in [5.41, 5.74) is 0. The Kier molecular flexibility index (Phi) is 5.42. The van der Waals surface area contributed by atoms with Crippen LogP contribution < -0.4 is 5.32 Å². The zero-order valence-electron chi connectivity index (χ0n) is 11.9. The fraction of sp³-hybridized carbons (Fsp3) is 1.00. The third kappa shape index (κ3) is 3.92. The van der Waals surface area contributed by atoms with Crippen molar-refractivity contribution in [2.45, 2.75) is 38.8 Å². The Morgan fingerprint density at radius 3 is 2.61 bits per heavy atom. The van der Waals surface area contributed by atoms with Gasteiger partial charge < -0.3 is 10.4 Å². The maximum atomic E-state index is 10.3. The zero-order chi connectivity index (χ0) is 13.0. The molecule has 0 aliphatic carbocycles. The van der Waals surface area contributed by atoms with Crippen LogP contribution in [0.4, 0.5) is 0 Å². The van der Waals surface area contributed by atoms with Crippen LogP contribution in [0.3, 0.4) is 0 Å². The van der Waals surface area contributed by atoms with Gasteiger partial charge in [0.15, 0.2) is 0 Å². The maximum Gasteiger partial charge on any atom is 0.0793 e. The molecule has 3 atom stereocenters. The fourth-order valence-corrected chi connectivity index (χ4v) is 3.20. The van der Waals surface area contributed by atoms with E-state index >= 15 is 0 Å². The van der Waals surface area contributed by atoms with E-state index in [1.807, 2.05) is 0 Å². The number of β-amino-alcohol motifs (C(OH)–C–C–N with tert-alkyl or cyclic N) is 1. The van der Waals surface area contributed by atoms with E-state index in [2.05, 4.69) is 29.0 Å². The fourth-order valence-electron chi connectivity index (χ4n) is 3.20. The van der Waals surface area contributed by atoms with E-state index in [0.717, 1.165) is 51.7 Å². The number of likely N-dealkylation sites (tertiary alicyclic amines) is 1. The number of piperazine rings is 1. The average molecular weight is 255 g/mol. The lowest BCUT2D eigenvalue weighted by Crippen LogP contribution is -2.51. The Bertz CT molecular complexity index is 243. The number of aliphatic hydroxyl groups excluding tert-OH is 1. The molecule has 0 spiro atoms. The van der Waals surface area contributed by atoms with Crippen LogP contribution in [0.25, 0.3) is 0 Å². The highest BCUT2D eigenvalue weighted by molar-refractivity contribution is 4.81. The minimum Gasteiger partial charge on any atom is -0.390 e. The third-order valence-corrected chi connectivity index (χ3v) is 4.63. The first-order valence-electron chi connectivity index (χ1n) is 7.52. The summed E-state index contributed by atoms with van der Waals surface area (Å²) >= 11 is 0. The second-order valence-electron chi connectivity index (χ2n) is 6.06. The molecule has 18 heavy (non-hydrogen) atoms. The Balaban J connectivity index is 1.73. The minimum atomic E-state index is -0.198. The largest absolute Gasteiger partial charge is 0.390 e. The molecule has 2 aliphatic heterocycles. The van der Waals surface area contributed by atoms with E-state index in [1.165, 1.54) is 12.8 Å².